The molecule has 1 saturated heterocycles. The number of nitrogens with zero attached hydrogens (tertiary/aromatic N) is 3. The van der Waals surface area contributed by atoms with Gasteiger partial charge in [-0.1, -0.05) is 0 Å². The lowest BCUT2D eigenvalue weighted by Gasteiger charge is -2.26. The fourth-order valence-corrected chi connectivity index (χ4v) is 2.52. The van der Waals surface area contributed by atoms with E-state index in [4.69, 9.17) is 0 Å². The van der Waals surface area contributed by atoms with E-state index >= 15 is 0 Å². The quantitative estimate of drug-likeness (QED) is 0.859. The molecular weight excluding hydrogens is 212 g/mol. The van der Waals surface area contributed by atoms with Crippen LogP contribution >= 0.6 is 0 Å². The molecule has 0 aliphatic carbocycles. The van der Waals surface area contributed by atoms with Gasteiger partial charge in [-0.05, 0) is 46.3 Å². The monoisotopic (exact) mass is 236 g/mol. The van der Waals surface area contributed by atoms with E-state index in [1.165, 1.54) is 31.4 Å². The molecule has 2 rings (SSSR count). The van der Waals surface area contributed by atoms with E-state index in [0.717, 1.165) is 25.7 Å². The van der Waals surface area contributed by atoms with Crippen molar-refractivity contribution >= 4 is 0 Å². The summed E-state index contributed by atoms with van der Waals surface area (Å²) in [6.07, 6.45) is 8.02. The van der Waals surface area contributed by atoms with Crippen LogP contribution in [-0.2, 0) is 13.1 Å². The number of aromatic nitrogens is 2. The zero-order chi connectivity index (χ0) is 12.1. The summed E-state index contributed by atoms with van der Waals surface area (Å²) in [7, 11) is 2.24. The molecule has 1 aromatic heterocycles. The van der Waals surface area contributed by atoms with Crippen molar-refractivity contribution in [3.8, 4) is 0 Å². The molecule has 0 aromatic carbocycles. The van der Waals surface area contributed by atoms with E-state index in [1.54, 1.807) is 0 Å². The van der Waals surface area contributed by atoms with E-state index in [2.05, 4.69) is 35.5 Å². The molecule has 96 valence electrons. The maximum absolute atomic E-state index is 4.33. The van der Waals surface area contributed by atoms with E-state index < -0.39 is 0 Å². The molecule has 0 saturated carbocycles. The number of nitrogens with one attached hydrogen (secondary N) is 1. The Labute approximate surface area is 104 Å². The predicted molar refractivity (Wildman–Crippen MR) is 69.9 cm³/mol. The number of hydrogen-bond acceptors (Lipinski definition) is 3. The Hall–Kier alpha value is -0.870. The number of aryl methyl sites for hydroxylation is 1. The Balaban J connectivity index is 1.88. The molecule has 17 heavy (non-hydrogen) atoms. The van der Waals surface area contributed by atoms with Crippen LogP contribution in [0.5, 0.6) is 0 Å². The van der Waals surface area contributed by atoms with Gasteiger partial charge in [0.2, 0.25) is 0 Å². The minimum absolute atomic E-state index is 0.718. The van der Waals surface area contributed by atoms with Crippen LogP contribution in [0.15, 0.2) is 12.4 Å². The molecule has 1 fully saturated rings. The third kappa shape index (κ3) is 3.54. The Bertz CT molecular complexity index is 326. The molecule has 0 bridgehead atoms. The van der Waals surface area contributed by atoms with E-state index in [1.807, 2.05) is 10.9 Å². The molecule has 0 radical (unpaired) electrons. The normalized spacial score (nSPS) is 21.7. The van der Waals surface area contributed by atoms with Gasteiger partial charge in [-0.3, -0.25) is 9.58 Å². The molecule has 4 nitrogen and oxygen atoms in total. The highest BCUT2D eigenvalue weighted by atomic mass is 15.3. The summed E-state index contributed by atoms with van der Waals surface area (Å²) in [4.78, 5) is 2.48. The highest BCUT2D eigenvalue weighted by Gasteiger charge is 2.17. The van der Waals surface area contributed by atoms with Crippen molar-refractivity contribution in [1.82, 2.24) is 20.0 Å². The number of rotatable bonds is 4. The van der Waals surface area contributed by atoms with Crippen LogP contribution in [0, 0.1) is 0 Å². The molecular formula is C13H24N4. The summed E-state index contributed by atoms with van der Waals surface area (Å²) in [5.41, 5.74) is 1.33. The van der Waals surface area contributed by atoms with Crippen molar-refractivity contribution in [2.24, 2.45) is 0 Å². The minimum Gasteiger partial charge on any atom is -0.317 e. The van der Waals surface area contributed by atoms with Crippen LogP contribution in [0.25, 0.3) is 0 Å². The number of hydrogen-bond donors (Lipinski definition) is 1. The molecule has 1 atom stereocenters. The summed E-state index contributed by atoms with van der Waals surface area (Å²) in [5.74, 6) is 0. The van der Waals surface area contributed by atoms with Crippen LogP contribution < -0.4 is 5.32 Å². The second kappa shape index (κ2) is 6.17. The van der Waals surface area contributed by atoms with Crippen molar-refractivity contribution in [2.75, 3.05) is 20.1 Å². The van der Waals surface area contributed by atoms with Crippen LogP contribution in [0.2, 0.25) is 0 Å². The fraction of sp³-hybridized carbons (Fsp3) is 0.769. The molecule has 1 unspecified atom stereocenters. The lowest BCUT2D eigenvalue weighted by molar-refractivity contribution is 0.216. The zero-order valence-corrected chi connectivity index (χ0v) is 11.0. The van der Waals surface area contributed by atoms with Gasteiger partial charge in [-0.15, -0.1) is 0 Å². The molecule has 0 amide bonds. The predicted octanol–water partition coefficient (Wildman–Crippen LogP) is 1.48. The first-order valence-electron chi connectivity index (χ1n) is 6.72. The summed E-state index contributed by atoms with van der Waals surface area (Å²) < 4.78 is 2.00. The summed E-state index contributed by atoms with van der Waals surface area (Å²) in [6, 6.07) is 0.718. The van der Waals surface area contributed by atoms with Crippen molar-refractivity contribution < 1.29 is 0 Å². The van der Waals surface area contributed by atoms with Gasteiger partial charge < -0.3 is 5.32 Å². The first-order chi connectivity index (χ1) is 8.29. The average Bonchev–Trinajstić information content (AvgIpc) is 2.62. The standard InChI is InChI=1S/C13H24N4/c1-3-17-11-12(9-15-17)10-16(2)13-5-4-7-14-8-6-13/h9,11,13-14H,3-8,10H2,1-2H3. The second-order valence-corrected chi connectivity index (χ2v) is 4.95. The van der Waals surface area contributed by atoms with Crippen molar-refractivity contribution in [1.29, 1.82) is 0 Å². The molecule has 1 aromatic rings. The summed E-state index contributed by atoms with van der Waals surface area (Å²) in [5, 5.41) is 7.80. The van der Waals surface area contributed by atoms with Gasteiger partial charge in [0.25, 0.3) is 0 Å². The largest absolute Gasteiger partial charge is 0.317 e. The van der Waals surface area contributed by atoms with Gasteiger partial charge in [-0.25, -0.2) is 0 Å². The van der Waals surface area contributed by atoms with E-state index in [-0.39, 0.29) is 0 Å². The van der Waals surface area contributed by atoms with Crippen LogP contribution in [-0.4, -0.2) is 40.9 Å². The SMILES string of the molecule is CCn1cc(CN(C)C2CCCNCC2)cn1. The molecule has 1 aliphatic rings. The van der Waals surface area contributed by atoms with Gasteiger partial charge in [0.1, 0.15) is 0 Å². The zero-order valence-electron chi connectivity index (χ0n) is 11.0. The van der Waals surface area contributed by atoms with Gasteiger partial charge in [0, 0.05) is 30.9 Å². The Kier molecular flexibility index (Phi) is 4.57. The fourth-order valence-electron chi connectivity index (χ4n) is 2.52. The van der Waals surface area contributed by atoms with E-state index in [0.29, 0.717) is 0 Å². The molecule has 1 N–H and O–H groups in total. The first-order valence-corrected chi connectivity index (χ1v) is 6.72. The highest BCUT2D eigenvalue weighted by Crippen LogP contribution is 2.14. The smallest absolute Gasteiger partial charge is 0.0534 e. The van der Waals surface area contributed by atoms with Crippen LogP contribution in [0.4, 0.5) is 0 Å². The van der Waals surface area contributed by atoms with Gasteiger partial charge in [0.15, 0.2) is 0 Å². The van der Waals surface area contributed by atoms with E-state index in [9.17, 15) is 0 Å². The minimum atomic E-state index is 0.718. The highest BCUT2D eigenvalue weighted by molar-refractivity contribution is 5.03. The molecule has 1 aliphatic heterocycles. The topological polar surface area (TPSA) is 33.1 Å². The maximum Gasteiger partial charge on any atom is 0.0534 e. The van der Waals surface area contributed by atoms with Crippen molar-refractivity contribution in [2.45, 2.75) is 45.3 Å². The third-order valence-electron chi connectivity index (χ3n) is 3.61. The molecule has 0 spiro atoms. The molecule has 2 heterocycles. The Morgan fingerprint density at radius 1 is 1.47 bits per heavy atom. The third-order valence-corrected chi connectivity index (χ3v) is 3.61. The maximum atomic E-state index is 4.33. The summed E-state index contributed by atoms with van der Waals surface area (Å²) >= 11 is 0. The lowest BCUT2D eigenvalue weighted by atomic mass is 10.1. The summed E-state index contributed by atoms with van der Waals surface area (Å²) in [6.45, 7) is 6.43. The lowest BCUT2D eigenvalue weighted by Crippen LogP contribution is -2.31. The van der Waals surface area contributed by atoms with Crippen LogP contribution in [0.3, 0.4) is 0 Å². The first kappa shape index (κ1) is 12.6. The van der Waals surface area contributed by atoms with Crippen molar-refractivity contribution in [3.63, 3.8) is 0 Å². The van der Waals surface area contributed by atoms with Crippen LogP contribution in [0.1, 0.15) is 31.7 Å². The molecule has 4 heteroatoms. The second-order valence-electron chi connectivity index (χ2n) is 4.95. The van der Waals surface area contributed by atoms with Gasteiger partial charge in [0.05, 0.1) is 6.20 Å². The Morgan fingerprint density at radius 2 is 2.35 bits per heavy atom. The average molecular weight is 236 g/mol. The Morgan fingerprint density at radius 3 is 3.12 bits per heavy atom. The van der Waals surface area contributed by atoms with Gasteiger partial charge >= 0.3 is 0 Å². The van der Waals surface area contributed by atoms with Gasteiger partial charge in [-0.2, -0.15) is 5.10 Å². The van der Waals surface area contributed by atoms with Crippen molar-refractivity contribution in [3.05, 3.63) is 18.0 Å².